The highest BCUT2D eigenvalue weighted by molar-refractivity contribution is 6.03. The summed E-state index contributed by atoms with van der Waals surface area (Å²) in [6, 6.07) is 17.3. The number of nitrogens with zero attached hydrogens (tertiary/aromatic N) is 6. The van der Waals surface area contributed by atoms with Gasteiger partial charge in [-0.15, -0.1) is 0 Å². The van der Waals surface area contributed by atoms with Crippen molar-refractivity contribution in [2.45, 2.75) is 46.1 Å². The molecule has 1 unspecified atom stereocenters. The van der Waals surface area contributed by atoms with Crippen molar-refractivity contribution in [1.29, 1.82) is 0 Å². The van der Waals surface area contributed by atoms with Gasteiger partial charge in [-0.25, -0.2) is 9.97 Å². The summed E-state index contributed by atoms with van der Waals surface area (Å²) in [5, 5.41) is 11.7. The maximum atomic E-state index is 13.3. The predicted octanol–water partition coefficient (Wildman–Crippen LogP) is 3.42. The van der Waals surface area contributed by atoms with E-state index in [2.05, 4.69) is 64.0 Å². The first-order valence-corrected chi connectivity index (χ1v) is 23.6. The number of benzene rings is 1. The van der Waals surface area contributed by atoms with Crippen LogP contribution in [-0.4, -0.2) is 146 Å². The number of amides is 4. The summed E-state index contributed by atoms with van der Waals surface area (Å²) < 4.78 is 11.3. The molecule has 0 spiro atoms. The van der Waals surface area contributed by atoms with Gasteiger partial charge in [0.25, 0.3) is 17.4 Å². The second kappa shape index (κ2) is 24.4. The van der Waals surface area contributed by atoms with Crippen LogP contribution in [0.2, 0.25) is 0 Å². The van der Waals surface area contributed by atoms with Gasteiger partial charge < -0.3 is 45.5 Å². The second-order valence-electron chi connectivity index (χ2n) is 17.2. The van der Waals surface area contributed by atoms with Crippen LogP contribution in [0, 0.1) is 5.92 Å². The molecule has 4 amide bonds. The number of aryl methyl sites for hydroxylation is 2. The van der Waals surface area contributed by atoms with Gasteiger partial charge in [-0.3, -0.25) is 33.9 Å². The molecule has 5 aromatic rings. The number of hydrogen-bond acceptors (Lipinski definition) is 13. The fraction of sp³-hybridized carbons (Fsp3) is 0.440. The van der Waals surface area contributed by atoms with Crippen molar-refractivity contribution in [2.75, 3.05) is 103 Å². The Morgan fingerprint density at radius 1 is 0.779 bits per heavy atom. The molecule has 5 N–H and O–H groups in total. The zero-order valence-corrected chi connectivity index (χ0v) is 39.3. The van der Waals surface area contributed by atoms with Gasteiger partial charge in [0, 0.05) is 89.3 Å². The zero-order chi connectivity index (χ0) is 47.8. The number of aromatic amines is 1. The highest BCUT2D eigenvalue weighted by Gasteiger charge is 2.24. The summed E-state index contributed by atoms with van der Waals surface area (Å²) >= 11 is 0. The number of piperidine rings is 1. The van der Waals surface area contributed by atoms with Crippen molar-refractivity contribution in [3.63, 3.8) is 0 Å². The lowest BCUT2D eigenvalue weighted by Gasteiger charge is -2.36. The first-order chi connectivity index (χ1) is 33.1. The molecule has 2 aliphatic heterocycles. The molecule has 2 fully saturated rings. The molecule has 0 aliphatic carbocycles. The Hall–Kier alpha value is -6.60. The van der Waals surface area contributed by atoms with Crippen LogP contribution in [0.5, 0.6) is 0 Å². The van der Waals surface area contributed by atoms with Gasteiger partial charge in [0.05, 0.1) is 61.6 Å². The van der Waals surface area contributed by atoms with Gasteiger partial charge in [0.2, 0.25) is 11.8 Å². The highest BCUT2D eigenvalue weighted by Crippen LogP contribution is 2.26. The average Bonchev–Trinajstić information content (AvgIpc) is 3.35. The predicted molar refractivity (Wildman–Crippen MR) is 261 cm³/mol. The van der Waals surface area contributed by atoms with Gasteiger partial charge in [-0.2, -0.15) is 0 Å². The van der Waals surface area contributed by atoms with Gasteiger partial charge >= 0.3 is 0 Å². The van der Waals surface area contributed by atoms with Crippen molar-refractivity contribution < 1.29 is 28.7 Å². The number of hydrogen-bond donors (Lipinski definition) is 5. The lowest BCUT2D eigenvalue weighted by Crippen LogP contribution is -2.46. The largest absolute Gasteiger partial charge is 0.377 e. The number of rotatable bonds is 22. The molecule has 18 nitrogen and oxygen atoms in total. The third-order valence-corrected chi connectivity index (χ3v) is 12.3. The topological polar surface area (TPSA) is 216 Å². The monoisotopic (exact) mass is 929 g/mol. The van der Waals surface area contributed by atoms with E-state index in [9.17, 15) is 24.0 Å². The summed E-state index contributed by atoms with van der Waals surface area (Å²) in [6.45, 7) is 11.0. The second-order valence-corrected chi connectivity index (χ2v) is 17.2. The Bertz CT molecular complexity index is 2580. The minimum Gasteiger partial charge on any atom is -0.377 e. The number of fused-ring (bicyclic) bond motifs is 1. The molecule has 7 rings (SSSR count). The number of H-pyrrole nitrogens is 1. The van der Waals surface area contributed by atoms with E-state index >= 15 is 0 Å². The van der Waals surface area contributed by atoms with Gasteiger partial charge in [0.1, 0.15) is 5.69 Å². The van der Waals surface area contributed by atoms with Gasteiger partial charge in [-0.1, -0.05) is 38.1 Å². The van der Waals surface area contributed by atoms with Gasteiger partial charge in [-0.05, 0) is 78.7 Å². The summed E-state index contributed by atoms with van der Waals surface area (Å²) in [5.41, 5.74) is 7.77. The first kappa shape index (κ1) is 49.3. The van der Waals surface area contributed by atoms with Crippen molar-refractivity contribution in [2.24, 2.45) is 5.92 Å². The first-order valence-electron chi connectivity index (χ1n) is 23.6. The minimum absolute atomic E-state index is 0.0189. The molecule has 6 heterocycles. The molecule has 1 atom stereocenters. The Morgan fingerprint density at radius 2 is 1.56 bits per heavy atom. The van der Waals surface area contributed by atoms with Crippen molar-refractivity contribution in [3.8, 4) is 11.1 Å². The fourth-order valence-electron chi connectivity index (χ4n) is 8.25. The Morgan fingerprint density at radius 3 is 2.28 bits per heavy atom. The number of anilines is 2. The number of carbonyl (C=O) groups is 4. The quantitative estimate of drug-likeness (QED) is 0.0631. The molecule has 18 heteroatoms. The number of likely N-dealkylation sites (tertiary alicyclic amines) is 1. The van der Waals surface area contributed by atoms with Crippen LogP contribution in [0.25, 0.3) is 22.2 Å². The molecule has 0 saturated carbocycles. The molecular weight excluding hydrogens is 867 g/mol. The van der Waals surface area contributed by atoms with E-state index in [0.29, 0.717) is 50.5 Å². The molecule has 0 bridgehead atoms. The van der Waals surface area contributed by atoms with Crippen LogP contribution >= 0.6 is 0 Å². The normalized spacial score (nSPS) is 15.4. The minimum atomic E-state index is -0.455. The van der Waals surface area contributed by atoms with Crippen LogP contribution in [0.4, 0.5) is 11.4 Å². The molecule has 4 aromatic heterocycles. The smallest absolute Gasteiger partial charge is 0.272 e. The van der Waals surface area contributed by atoms with Crippen LogP contribution in [0.15, 0.2) is 78.0 Å². The maximum Gasteiger partial charge on any atom is 0.272 e. The summed E-state index contributed by atoms with van der Waals surface area (Å²) in [4.78, 5) is 86.4. The van der Waals surface area contributed by atoms with E-state index in [4.69, 9.17) is 9.47 Å². The van der Waals surface area contributed by atoms with E-state index in [0.717, 1.165) is 90.1 Å². The fourth-order valence-corrected chi connectivity index (χ4v) is 8.25. The number of pyridine rings is 4. The summed E-state index contributed by atoms with van der Waals surface area (Å²) in [6.07, 6.45) is 8.09. The maximum absolute atomic E-state index is 13.3. The standard InChI is InChI=1S/C50H63N11O7/c1-4-34-7-6-8-38(23-34)39-27-44(57-45(62)32-51-28-35-11-14-59(3)46(63)25-35)47(56-30-39)50(66)53-13-20-68-22-21-67-19-12-52-49(65)41-10-9-40(31-55-41)61-17-15-60(16-18-61)33-36-24-43-42(54-29-36)26-37(5-2)48(64)58-43/h6-10,23-24,26-27,29-31,35,51H,4-5,11-22,25,28,32-33H2,1-3H3,(H,52,65)(H,53,66)(H,57,62)(H,58,64). The molecule has 0 radical (unpaired) electrons. The van der Waals surface area contributed by atoms with Crippen molar-refractivity contribution in [1.82, 2.24) is 45.7 Å². The van der Waals surface area contributed by atoms with E-state index in [1.807, 2.05) is 49.5 Å². The third kappa shape index (κ3) is 13.7. The zero-order valence-electron chi connectivity index (χ0n) is 39.3. The van der Waals surface area contributed by atoms with Crippen LogP contribution in [0.3, 0.4) is 0 Å². The molecule has 360 valence electrons. The highest BCUT2D eigenvalue weighted by atomic mass is 16.5. The summed E-state index contributed by atoms with van der Waals surface area (Å²) in [5.74, 6) is -0.796. The summed E-state index contributed by atoms with van der Waals surface area (Å²) in [7, 11) is 1.80. The average molecular weight is 930 g/mol. The van der Waals surface area contributed by atoms with Crippen LogP contribution in [-0.2, 0) is 38.4 Å². The van der Waals surface area contributed by atoms with E-state index in [1.165, 1.54) is 0 Å². The Kier molecular flexibility index (Phi) is 17.7. The van der Waals surface area contributed by atoms with Crippen LogP contribution < -0.4 is 31.7 Å². The molecule has 68 heavy (non-hydrogen) atoms. The lowest BCUT2D eigenvalue weighted by atomic mass is 9.96. The molecule has 2 saturated heterocycles. The van der Waals surface area contributed by atoms with E-state index < -0.39 is 5.91 Å². The number of carbonyl (C=O) groups excluding carboxylic acids is 4. The third-order valence-electron chi connectivity index (χ3n) is 12.3. The van der Waals surface area contributed by atoms with E-state index in [1.54, 1.807) is 36.5 Å². The van der Waals surface area contributed by atoms with Crippen LogP contribution in [0.1, 0.15) is 64.4 Å². The van der Waals surface area contributed by atoms with Crippen molar-refractivity contribution >= 4 is 46.0 Å². The Balaban J connectivity index is 0.773. The van der Waals surface area contributed by atoms with Crippen molar-refractivity contribution in [3.05, 3.63) is 112 Å². The molecule has 1 aromatic carbocycles. The van der Waals surface area contributed by atoms with Gasteiger partial charge in [0.15, 0.2) is 5.69 Å². The van der Waals surface area contributed by atoms with E-state index in [-0.39, 0.29) is 67.8 Å². The Labute approximate surface area is 396 Å². The number of piperazine rings is 1. The molecule has 2 aliphatic rings. The number of nitrogens with one attached hydrogen (secondary N) is 5. The molecular formula is C50H63N11O7. The lowest BCUT2D eigenvalue weighted by molar-refractivity contribution is -0.133. The number of aromatic nitrogens is 4. The SMILES string of the molecule is CCc1cccc(-c2cnc(C(=O)NCCOCCOCCNC(=O)c3ccc(N4CCN(Cc5cnc6cc(CC)c(=O)[nH]c6c5)CC4)cn3)c(NC(=O)CNCC3CCN(C)C(=O)C3)c2)c1. The number of ether oxygens (including phenoxy) is 2.